The fraction of sp³-hybridized carbons (Fsp3) is 0.857. The summed E-state index contributed by atoms with van der Waals surface area (Å²) >= 11 is 0. The number of rotatable bonds is 2. The summed E-state index contributed by atoms with van der Waals surface area (Å²) in [6.07, 6.45) is 6.91. The van der Waals surface area contributed by atoms with E-state index in [0.29, 0.717) is 13.1 Å². The molecule has 0 radical (unpaired) electrons. The van der Waals surface area contributed by atoms with Crippen LogP contribution in [0.2, 0.25) is 0 Å². The summed E-state index contributed by atoms with van der Waals surface area (Å²) in [5, 5.41) is 8.80. The number of urea groups is 1. The lowest BCUT2D eigenvalue weighted by Gasteiger charge is -2.29. The van der Waals surface area contributed by atoms with Crippen molar-refractivity contribution in [3.8, 4) is 0 Å². The molecule has 2 fully saturated rings. The van der Waals surface area contributed by atoms with Crippen molar-refractivity contribution in [2.75, 3.05) is 26.2 Å². The maximum Gasteiger partial charge on any atom is 0.320 e. The highest BCUT2D eigenvalue weighted by molar-refractivity contribution is 5.75. The van der Waals surface area contributed by atoms with Gasteiger partial charge in [0.1, 0.15) is 0 Å². The van der Waals surface area contributed by atoms with Crippen molar-refractivity contribution in [1.82, 2.24) is 9.80 Å². The van der Waals surface area contributed by atoms with Crippen molar-refractivity contribution in [3.05, 3.63) is 0 Å². The molecule has 0 aromatic rings. The quantitative estimate of drug-likeness (QED) is 0.835. The van der Waals surface area contributed by atoms with Gasteiger partial charge in [0.2, 0.25) is 0 Å². The first-order valence-corrected chi connectivity index (χ1v) is 7.42. The Balaban J connectivity index is 1.83. The molecule has 2 rings (SSSR count). The third kappa shape index (κ3) is 4.11. The minimum absolute atomic E-state index is 0.120. The molecule has 1 N–H and O–H groups in total. The Labute approximate surface area is 114 Å². The Morgan fingerprint density at radius 3 is 2.21 bits per heavy atom. The average Bonchev–Trinajstić information content (AvgIpc) is 2.75. The normalized spacial score (nSPS) is 24.9. The Morgan fingerprint density at radius 2 is 1.58 bits per heavy atom. The van der Waals surface area contributed by atoms with Gasteiger partial charge in [0.05, 0.1) is 0 Å². The number of nitrogens with zero attached hydrogens (tertiary/aromatic N) is 2. The molecule has 5 nitrogen and oxygen atoms in total. The molecule has 108 valence electrons. The molecule has 0 aliphatic carbocycles. The van der Waals surface area contributed by atoms with Crippen LogP contribution in [0.4, 0.5) is 4.79 Å². The van der Waals surface area contributed by atoms with Crippen LogP contribution in [0.5, 0.6) is 0 Å². The van der Waals surface area contributed by atoms with Gasteiger partial charge in [-0.2, -0.15) is 0 Å². The van der Waals surface area contributed by atoms with E-state index < -0.39 is 5.97 Å². The summed E-state index contributed by atoms with van der Waals surface area (Å²) in [7, 11) is 0. The Hall–Kier alpha value is -1.26. The molecule has 2 heterocycles. The van der Waals surface area contributed by atoms with E-state index >= 15 is 0 Å². The van der Waals surface area contributed by atoms with Gasteiger partial charge in [0.25, 0.3) is 0 Å². The summed E-state index contributed by atoms with van der Waals surface area (Å²) in [6.45, 7) is 3.05. The number of carbonyl (C=O) groups excluding carboxylic acids is 1. The van der Waals surface area contributed by atoms with Gasteiger partial charge < -0.3 is 14.9 Å². The van der Waals surface area contributed by atoms with Crippen LogP contribution in [0, 0.1) is 5.92 Å². The Morgan fingerprint density at radius 1 is 0.947 bits per heavy atom. The van der Waals surface area contributed by atoms with Crippen LogP contribution in [-0.2, 0) is 4.79 Å². The summed E-state index contributed by atoms with van der Waals surface area (Å²) < 4.78 is 0. The number of hydrogen-bond acceptors (Lipinski definition) is 2. The molecule has 2 amide bonds. The average molecular weight is 268 g/mol. The molecule has 0 saturated carbocycles. The van der Waals surface area contributed by atoms with E-state index in [1.807, 2.05) is 9.80 Å². The minimum Gasteiger partial charge on any atom is -0.481 e. The van der Waals surface area contributed by atoms with Crippen molar-refractivity contribution < 1.29 is 14.7 Å². The van der Waals surface area contributed by atoms with Crippen LogP contribution < -0.4 is 0 Å². The topological polar surface area (TPSA) is 60.9 Å². The smallest absolute Gasteiger partial charge is 0.320 e. The number of carboxylic acids is 1. The molecule has 0 aromatic heterocycles. The van der Waals surface area contributed by atoms with Gasteiger partial charge in [-0.1, -0.05) is 19.3 Å². The van der Waals surface area contributed by atoms with E-state index in [1.54, 1.807) is 0 Å². The second-order valence-corrected chi connectivity index (χ2v) is 5.74. The summed E-state index contributed by atoms with van der Waals surface area (Å²) in [5.74, 6) is -0.623. The molecule has 19 heavy (non-hydrogen) atoms. The molecule has 0 spiro atoms. The highest BCUT2D eigenvalue weighted by atomic mass is 16.4. The van der Waals surface area contributed by atoms with E-state index in [4.69, 9.17) is 5.11 Å². The maximum absolute atomic E-state index is 12.4. The van der Waals surface area contributed by atoms with Gasteiger partial charge >= 0.3 is 12.0 Å². The molecule has 1 atom stereocenters. The molecule has 5 heteroatoms. The van der Waals surface area contributed by atoms with Crippen LogP contribution in [0.25, 0.3) is 0 Å². The molecule has 1 unspecified atom stereocenters. The SMILES string of the molecule is O=C(O)CC1CCN(C(=O)N2CCCCCCC2)C1. The Kier molecular flexibility index (Phi) is 5.05. The standard InChI is InChI=1S/C14H24N2O3/c17-13(18)10-12-6-9-16(11-12)14(19)15-7-4-2-1-3-5-8-15/h12H,1-11H2,(H,17,18). The number of hydrogen-bond donors (Lipinski definition) is 1. The highest BCUT2D eigenvalue weighted by Gasteiger charge is 2.30. The number of likely N-dealkylation sites (tertiary alicyclic amines) is 2. The van der Waals surface area contributed by atoms with Gasteiger partial charge in [0.15, 0.2) is 0 Å². The van der Waals surface area contributed by atoms with Gasteiger partial charge in [-0.15, -0.1) is 0 Å². The zero-order valence-electron chi connectivity index (χ0n) is 11.5. The van der Waals surface area contributed by atoms with Gasteiger partial charge in [-0.25, -0.2) is 4.79 Å². The number of carboxylic acid groups (broad SMARTS) is 1. The molecule has 2 aliphatic rings. The molecule has 2 saturated heterocycles. The van der Waals surface area contributed by atoms with Crippen LogP contribution >= 0.6 is 0 Å². The largest absolute Gasteiger partial charge is 0.481 e. The van der Waals surface area contributed by atoms with E-state index in [0.717, 1.165) is 32.4 Å². The lowest BCUT2D eigenvalue weighted by molar-refractivity contribution is -0.138. The van der Waals surface area contributed by atoms with Crippen LogP contribution in [-0.4, -0.2) is 53.1 Å². The van der Waals surface area contributed by atoms with Crippen LogP contribution in [0.1, 0.15) is 44.9 Å². The van der Waals surface area contributed by atoms with E-state index in [2.05, 4.69) is 0 Å². The van der Waals surface area contributed by atoms with Crippen molar-refractivity contribution in [2.45, 2.75) is 44.9 Å². The van der Waals surface area contributed by atoms with Crippen molar-refractivity contribution >= 4 is 12.0 Å². The van der Waals surface area contributed by atoms with Gasteiger partial charge in [-0.05, 0) is 25.2 Å². The number of aliphatic carboxylic acids is 1. The maximum atomic E-state index is 12.4. The lowest BCUT2D eigenvalue weighted by atomic mass is 10.1. The van der Waals surface area contributed by atoms with E-state index in [1.165, 1.54) is 19.3 Å². The van der Waals surface area contributed by atoms with E-state index in [-0.39, 0.29) is 18.4 Å². The zero-order chi connectivity index (χ0) is 13.7. The predicted molar refractivity (Wildman–Crippen MR) is 72.0 cm³/mol. The van der Waals surface area contributed by atoms with Crippen LogP contribution in [0.15, 0.2) is 0 Å². The third-order valence-electron chi connectivity index (χ3n) is 4.15. The fourth-order valence-electron chi connectivity index (χ4n) is 3.06. The second kappa shape index (κ2) is 6.78. The molecule has 0 aromatic carbocycles. The fourth-order valence-corrected chi connectivity index (χ4v) is 3.06. The second-order valence-electron chi connectivity index (χ2n) is 5.74. The molecule has 2 aliphatic heterocycles. The van der Waals surface area contributed by atoms with Crippen molar-refractivity contribution in [1.29, 1.82) is 0 Å². The first-order chi connectivity index (χ1) is 9.16. The lowest BCUT2D eigenvalue weighted by Crippen LogP contribution is -2.43. The third-order valence-corrected chi connectivity index (χ3v) is 4.15. The monoisotopic (exact) mass is 268 g/mol. The zero-order valence-corrected chi connectivity index (χ0v) is 11.5. The highest BCUT2D eigenvalue weighted by Crippen LogP contribution is 2.21. The first kappa shape index (κ1) is 14.2. The predicted octanol–water partition coefficient (Wildman–Crippen LogP) is 2.17. The van der Waals surface area contributed by atoms with E-state index in [9.17, 15) is 9.59 Å². The minimum atomic E-state index is -0.759. The van der Waals surface area contributed by atoms with Gasteiger partial charge in [-0.3, -0.25) is 4.79 Å². The molecule has 0 bridgehead atoms. The number of carbonyl (C=O) groups is 2. The summed E-state index contributed by atoms with van der Waals surface area (Å²) in [5.41, 5.74) is 0. The number of amides is 2. The van der Waals surface area contributed by atoms with Crippen molar-refractivity contribution in [3.63, 3.8) is 0 Å². The first-order valence-electron chi connectivity index (χ1n) is 7.42. The Bertz CT molecular complexity index is 325. The summed E-state index contributed by atoms with van der Waals surface area (Å²) in [6, 6.07) is 0.120. The molecular weight excluding hydrogens is 244 g/mol. The van der Waals surface area contributed by atoms with Crippen molar-refractivity contribution in [2.24, 2.45) is 5.92 Å². The summed E-state index contributed by atoms with van der Waals surface area (Å²) in [4.78, 5) is 26.9. The van der Waals surface area contributed by atoms with Gasteiger partial charge in [0, 0.05) is 32.6 Å². The molecular formula is C14H24N2O3. The van der Waals surface area contributed by atoms with Crippen LogP contribution in [0.3, 0.4) is 0 Å².